The Bertz CT molecular complexity index is 332. The minimum atomic E-state index is 0.646. The van der Waals surface area contributed by atoms with Crippen LogP contribution >= 0.6 is 0 Å². The van der Waals surface area contributed by atoms with Crippen LogP contribution in [0.5, 0.6) is 0 Å². The van der Waals surface area contributed by atoms with Gasteiger partial charge in [0.25, 0.3) is 0 Å². The van der Waals surface area contributed by atoms with E-state index in [4.69, 9.17) is 0 Å². The van der Waals surface area contributed by atoms with Gasteiger partial charge < -0.3 is 0 Å². The predicted octanol–water partition coefficient (Wildman–Crippen LogP) is 4.45. The molecular weight excluding hydrogens is 180 g/mol. The van der Waals surface area contributed by atoms with Crippen molar-refractivity contribution < 1.29 is 0 Å². The Balaban J connectivity index is 1.98. The lowest BCUT2D eigenvalue weighted by Crippen LogP contribution is -1.89. The van der Waals surface area contributed by atoms with E-state index < -0.39 is 0 Å². The topological polar surface area (TPSA) is 0 Å². The van der Waals surface area contributed by atoms with Crippen molar-refractivity contribution in [1.29, 1.82) is 0 Å². The summed E-state index contributed by atoms with van der Waals surface area (Å²) in [5.74, 6) is 0.646. The fraction of sp³-hybridized carbons (Fsp3) is 0.333. The molecule has 0 heterocycles. The highest BCUT2D eigenvalue weighted by Gasteiger charge is 2.02. The second-order valence-corrected chi connectivity index (χ2v) is 4.15. The molecule has 0 nitrogen and oxygen atoms in total. The molecule has 0 spiro atoms. The van der Waals surface area contributed by atoms with Crippen molar-refractivity contribution in [2.24, 2.45) is 5.92 Å². The van der Waals surface area contributed by atoms with Crippen LogP contribution in [0.4, 0.5) is 0 Å². The zero-order chi connectivity index (χ0) is 10.3. The van der Waals surface area contributed by atoms with Crippen molar-refractivity contribution in [3.8, 4) is 0 Å². The average molecular weight is 198 g/mol. The number of rotatable bonds is 2. The lowest BCUT2D eigenvalue weighted by Gasteiger charge is -2.03. The number of hydrogen-bond acceptors (Lipinski definition) is 0. The van der Waals surface area contributed by atoms with Gasteiger partial charge in [-0.1, -0.05) is 61.1 Å². The molecule has 0 aromatic heterocycles. The number of benzene rings is 1. The molecule has 0 N–H and O–H groups in total. The Hall–Kier alpha value is -1.30. The third-order valence-electron chi connectivity index (χ3n) is 2.88. The van der Waals surface area contributed by atoms with Crippen molar-refractivity contribution >= 4 is 6.08 Å². The third-order valence-corrected chi connectivity index (χ3v) is 2.88. The fourth-order valence-corrected chi connectivity index (χ4v) is 1.97. The minimum Gasteiger partial charge on any atom is -0.0879 e. The smallest absolute Gasteiger partial charge is 0.00502 e. The van der Waals surface area contributed by atoms with E-state index in [-0.39, 0.29) is 0 Å². The molecule has 0 amide bonds. The average Bonchev–Trinajstić information content (AvgIpc) is 2.56. The second kappa shape index (κ2) is 5.55. The fourth-order valence-electron chi connectivity index (χ4n) is 1.97. The van der Waals surface area contributed by atoms with Gasteiger partial charge in [0.15, 0.2) is 0 Å². The largest absolute Gasteiger partial charge is 0.0879 e. The van der Waals surface area contributed by atoms with Crippen LogP contribution < -0.4 is 0 Å². The summed E-state index contributed by atoms with van der Waals surface area (Å²) >= 11 is 0. The Morgan fingerprint density at radius 3 is 2.80 bits per heavy atom. The van der Waals surface area contributed by atoms with E-state index in [2.05, 4.69) is 54.6 Å². The highest BCUT2D eigenvalue weighted by molar-refractivity contribution is 5.49. The molecule has 0 saturated carbocycles. The van der Waals surface area contributed by atoms with E-state index in [1.165, 1.54) is 31.2 Å². The lowest BCUT2D eigenvalue weighted by atomic mass is 10.0. The van der Waals surface area contributed by atoms with Crippen LogP contribution in [-0.4, -0.2) is 0 Å². The molecule has 1 aromatic carbocycles. The van der Waals surface area contributed by atoms with Gasteiger partial charge in [0.1, 0.15) is 0 Å². The van der Waals surface area contributed by atoms with Crippen LogP contribution in [-0.2, 0) is 0 Å². The molecule has 1 aliphatic carbocycles. The van der Waals surface area contributed by atoms with Crippen LogP contribution in [0.1, 0.15) is 31.2 Å². The molecule has 1 atom stereocenters. The SMILES string of the molecule is C1=CC(/C=C/c2ccccc2)CCCC1. The van der Waals surface area contributed by atoms with Gasteiger partial charge >= 0.3 is 0 Å². The summed E-state index contributed by atoms with van der Waals surface area (Å²) in [6, 6.07) is 10.5. The van der Waals surface area contributed by atoms with E-state index in [1.807, 2.05) is 0 Å². The minimum absolute atomic E-state index is 0.646. The molecule has 0 saturated heterocycles. The van der Waals surface area contributed by atoms with Gasteiger partial charge in [-0.25, -0.2) is 0 Å². The summed E-state index contributed by atoms with van der Waals surface area (Å²) in [5.41, 5.74) is 1.30. The molecule has 0 fully saturated rings. The molecule has 2 rings (SSSR count). The van der Waals surface area contributed by atoms with Crippen LogP contribution in [0.25, 0.3) is 6.08 Å². The van der Waals surface area contributed by atoms with Crippen LogP contribution in [0, 0.1) is 5.92 Å². The maximum atomic E-state index is 2.35. The van der Waals surface area contributed by atoms with Crippen LogP contribution in [0.3, 0.4) is 0 Å². The first-order valence-electron chi connectivity index (χ1n) is 5.85. The van der Waals surface area contributed by atoms with E-state index in [9.17, 15) is 0 Å². The van der Waals surface area contributed by atoms with E-state index >= 15 is 0 Å². The molecule has 0 radical (unpaired) electrons. The summed E-state index contributed by atoms with van der Waals surface area (Å²) in [6.45, 7) is 0. The highest BCUT2D eigenvalue weighted by atomic mass is 14.1. The Morgan fingerprint density at radius 1 is 1.07 bits per heavy atom. The van der Waals surface area contributed by atoms with Gasteiger partial charge in [0.2, 0.25) is 0 Å². The predicted molar refractivity (Wildman–Crippen MR) is 66.6 cm³/mol. The van der Waals surface area contributed by atoms with Gasteiger partial charge in [-0.2, -0.15) is 0 Å². The van der Waals surface area contributed by atoms with Crippen molar-refractivity contribution in [2.75, 3.05) is 0 Å². The zero-order valence-corrected chi connectivity index (χ0v) is 9.10. The first-order chi connectivity index (χ1) is 7.45. The molecular formula is C15H18. The highest BCUT2D eigenvalue weighted by Crippen LogP contribution is 2.19. The number of allylic oxidation sites excluding steroid dienone is 3. The first-order valence-corrected chi connectivity index (χ1v) is 5.85. The molecule has 0 aliphatic heterocycles. The van der Waals surface area contributed by atoms with Crippen LogP contribution in [0.2, 0.25) is 0 Å². The van der Waals surface area contributed by atoms with Gasteiger partial charge in [0, 0.05) is 0 Å². The summed E-state index contributed by atoms with van der Waals surface area (Å²) in [6.07, 6.45) is 14.5. The maximum absolute atomic E-state index is 2.35. The van der Waals surface area contributed by atoms with Crippen LogP contribution in [0.15, 0.2) is 48.6 Å². The standard InChI is InChI=1S/C15H18/c1-2-5-9-14(8-4-1)12-13-15-10-6-3-7-11-15/h3-4,6-8,10-14H,1-2,5,9H2/b13-12+. The third kappa shape index (κ3) is 3.39. The van der Waals surface area contributed by atoms with Gasteiger partial charge in [0.05, 0.1) is 0 Å². The quantitative estimate of drug-likeness (QED) is 0.616. The Morgan fingerprint density at radius 2 is 1.93 bits per heavy atom. The first kappa shape index (κ1) is 10.2. The van der Waals surface area contributed by atoms with E-state index in [0.29, 0.717) is 5.92 Å². The molecule has 1 aliphatic rings. The van der Waals surface area contributed by atoms with Gasteiger partial charge in [-0.05, 0) is 30.7 Å². The summed E-state index contributed by atoms with van der Waals surface area (Å²) in [5, 5.41) is 0. The van der Waals surface area contributed by atoms with Gasteiger partial charge in [-0.15, -0.1) is 0 Å². The monoisotopic (exact) mass is 198 g/mol. The molecule has 1 unspecified atom stereocenters. The molecule has 1 aromatic rings. The summed E-state index contributed by atoms with van der Waals surface area (Å²) in [4.78, 5) is 0. The Labute approximate surface area is 92.3 Å². The summed E-state index contributed by atoms with van der Waals surface area (Å²) in [7, 11) is 0. The lowest BCUT2D eigenvalue weighted by molar-refractivity contribution is 0.647. The Kier molecular flexibility index (Phi) is 3.78. The van der Waals surface area contributed by atoms with Gasteiger partial charge in [-0.3, -0.25) is 0 Å². The normalized spacial score (nSPS) is 21.7. The second-order valence-electron chi connectivity index (χ2n) is 4.15. The van der Waals surface area contributed by atoms with Crippen molar-refractivity contribution in [3.05, 3.63) is 54.1 Å². The molecule has 0 heteroatoms. The van der Waals surface area contributed by atoms with E-state index in [0.717, 1.165) is 0 Å². The van der Waals surface area contributed by atoms with E-state index in [1.54, 1.807) is 0 Å². The van der Waals surface area contributed by atoms with Crippen molar-refractivity contribution in [2.45, 2.75) is 25.7 Å². The van der Waals surface area contributed by atoms with Crippen molar-refractivity contribution in [3.63, 3.8) is 0 Å². The maximum Gasteiger partial charge on any atom is -0.00502 e. The molecule has 0 bridgehead atoms. The molecule has 78 valence electrons. The molecule has 15 heavy (non-hydrogen) atoms. The number of hydrogen-bond donors (Lipinski definition) is 0. The van der Waals surface area contributed by atoms with Crippen molar-refractivity contribution in [1.82, 2.24) is 0 Å². The summed E-state index contributed by atoms with van der Waals surface area (Å²) < 4.78 is 0. The zero-order valence-electron chi connectivity index (χ0n) is 9.10.